The van der Waals surface area contributed by atoms with Gasteiger partial charge in [0.2, 0.25) is 0 Å². The Morgan fingerprint density at radius 1 is 1.26 bits per heavy atom. The van der Waals surface area contributed by atoms with E-state index in [-0.39, 0.29) is 18.1 Å². The lowest BCUT2D eigenvalue weighted by Crippen LogP contribution is -2.53. The molecule has 19 heavy (non-hydrogen) atoms. The minimum atomic E-state index is -0.469. The van der Waals surface area contributed by atoms with Crippen LogP contribution in [0.1, 0.15) is 27.2 Å². The number of ether oxygens (including phenoxy) is 2. The fourth-order valence-corrected chi connectivity index (χ4v) is 2.36. The molecule has 2 saturated heterocycles. The van der Waals surface area contributed by atoms with Gasteiger partial charge < -0.3 is 14.4 Å². The molecular formula is C13H22N2O4. The Labute approximate surface area is 113 Å². The standard InChI is InChI=1S/C13H22N2O4/c1-13(2,3)19-12(17)15-7-5-14(6-8-15)10-4-9-18-11(10)16/h10H,4-9H2,1-3H3/t10-/m0/s1. The van der Waals surface area contributed by atoms with Crippen molar-refractivity contribution in [2.24, 2.45) is 0 Å². The van der Waals surface area contributed by atoms with Crippen molar-refractivity contribution in [3.05, 3.63) is 0 Å². The zero-order valence-corrected chi connectivity index (χ0v) is 11.8. The maximum atomic E-state index is 11.9. The molecule has 0 aromatic rings. The highest BCUT2D eigenvalue weighted by molar-refractivity contribution is 5.77. The van der Waals surface area contributed by atoms with Gasteiger partial charge in [0, 0.05) is 32.6 Å². The lowest BCUT2D eigenvalue weighted by Gasteiger charge is -2.37. The van der Waals surface area contributed by atoms with E-state index in [0.717, 1.165) is 6.42 Å². The van der Waals surface area contributed by atoms with Crippen molar-refractivity contribution in [1.29, 1.82) is 0 Å². The van der Waals surface area contributed by atoms with Crippen molar-refractivity contribution in [2.75, 3.05) is 32.8 Å². The summed E-state index contributed by atoms with van der Waals surface area (Å²) in [6.45, 7) is 8.66. The Morgan fingerprint density at radius 3 is 2.37 bits per heavy atom. The molecule has 108 valence electrons. The maximum absolute atomic E-state index is 11.9. The van der Waals surface area contributed by atoms with Crippen molar-refractivity contribution < 1.29 is 19.1 Å². The van der Waals surface area contributed by atoms with Gasteiger partial charge in [-0.1, -0.05) is 0 Å². The minimum Gasteiger partial charge on any atom is -0.464 e. The van der Waals surface area contributed by atoms with E-state index in [4.69, 9.17) is 9.47 Å². The predicted octanol–water partition coefficient (Wildman–Crippen LogP) is 0.855. The molecule has 6 nitrogen and oxygen atoms in total. The number of rotatable bonds is 1. The van der Waals surface area contributed by atoms with E-state index in [0.29, 0.717) is 32.8 Å². The molecule has 1 amide bonds. The average Bonchev–Trinajstić information content (AvgIpc) is 2.73. The lowest BCUT2D eigenvalue weighted by atomic mass is 10.2. The molecule has 0 N–H and O–H groups in total. The van der Waals surface area contributed by atoms with Crippen LogP contribution in [0.4, 0.5) is 4.79 Å². The monoisotopic (exact) mass is 270 g/mol. The summed E-state index contributed by atoms with van der Waals surface area (Å²) in [5.41, 5.74) is -0.469. The summed E-state index contributed by atoms with van der Waals surface area (Å²) in [6.07, 6.45) is 0.479. The molecule has 0 aliphatic carbocycles. The van der Waals surface area contributed by atoms with Crippen molar-refractivity contribution in [3.8, 4) is 0 Å². The van der Waals surface area contributed by atoms with Gasteiger partial charge in [-0.15, -0.1) is 0 Å². The number of carbonyl (C=O) groups is 2. The maximum Gasteiger partial charge on any atom is 0.410 e. The van der Waals surface area contributed by atoms with Gasteiger partial charge in [0.25, 0.3) is 0 Å². The number of piperazine rings is 1. The number of hydrogen-bond acceptors (Lipinski definition) is 5. The van der Waals surface area contributed by atoms with Gasteiger partial charge in [-0.25, -0.2) is 4.79 Å². The molecule has 2 aliphatic heterocycles. The normalized spacial score (nSPS) is 25.3. The summed E-state index contributed by atoms with van der Waals surface area (Å²) in [5.74, 6) is -0.134. The molecule has 0 aromatic heterocycles. The molecule has 0 saturated carbocycles. The van der Waals surface area contributed by atoms with Crippen molar-refractivity contribution in [1.82, 2.24) is 9.80 Å². The smallest absolute Gasteiger partial charge is 0.410 e. The zero-order chi connectivity index (χ0) is 14.0. The number of amides is 1. The van der Waals surface area contributed by atoms with Crippen LogP contribution in [0.25, 0.3) is 0 Å². The van der Waals surface area contributed by atoms with E-state index < -0.39 is 5.60 Å². The van der Waals surface area contributed by atoms with Crippen LogP contribution < -0.4 is 0 Å². The largest absolute Gasteiger partial charge is 0.464 e. The quantitative estimate of drug-likeness (QED) is 0.661. The second-order valence-electron chi connectivity index (χ2n) is 5.98. The third-order valence-electron chi connectivity index (χ3n) is 3.31. The Kier molecular flexibility index (Phi) is 3.99. The van der Waals surface area contributed by atoms with Gasteiger partial charge in [0.1, 0.15) is 11.6 Å². The number of cyclic esters (lactones) is 1. The van der Waals surface area contributed by atoms with Crippen LogP contribution in [0.3, 0.4) is 0 Å². The molecule has 1 atom stereocenters. The van der Waals surface area contributed by atoms with Gasteiger partial charge in [-0.05, 0) is 20.8 Å². The van der Waals surface area contributed by atoms with Gasteiger partial charge >= 0.3 is 12.1 Å². The second-order valence-corrected chi connectivity index (χ2v) is 5.98. The van der Waals surface area contributed by atoms with Crippen LogP contribution in [-0.4, -0.2) is 66.3 Å². The molecular weight excluding hydrogens is 248 g/mol. The molecule has 0 radical (unpaired) electrons. The van der Waals surface area contributed by atoms with E-state index in [1.807, 2.05) is 20.8 Å². The van der Waals surface area contributed by atoms with Crippen molar-refractivity contribution in [3.63, 3.8) is 0 Å². The molecule has 0 spiro atoms. The zero-order valence-electron chi connectivity index (χ0n) is 11.8. The lowest BCUT2D eigenvalue weighted by molar-refractivity contribution is -0.142. The number of carbonyl (C=O) groups excluding carboxylic acids is 2. The van der Waals surface area contributed by atoms with Crippen LogP contribution in [0.15, 0.2) is 0 Å². The van der Waals surface area contributed by atoms with E-state index in [2.05, 4.69) is 4.90 Å². The Balaban J connectivity index is 1.82. The minimum absolute atomic E-state index is 0.124. The first kappa shape index (κ1) is 14.1. The first-order chi connectivity index (χ1) is 8.87. The predicted molar refractivity (Wildman–Crippen MR) is 68.7 cm³/mol. The Bertz CT molecular complexity index is 356. The van der Waals surface area contributed by atoms with E-state index in [1.165, 1.54) is 0 Å². The van der Waals surface area contributed by atoms with Crippen LogP contribution in [0, 0.1) is 0 Å². The number of nitrogens with zero attached hydrogens (tertiary/aromatic N) is 2. The summed E-state index contributed by atoms with van der Waals surface area (Å²) in [4.78, 5) is 27.2. The SMILES string of the molecule is CC(C)(C)OC(=O)N1CCN([C@H]2CCOC2=O)CC1. The summed E-state index contributed by atoms with van der Waals surface area (Å²) in [6, 6.07) is -0.124. The molecule has 0 bridgehead atoms. The van der Waals surface area contributed by atoms with Gasteiger partial charge in [0.15, 0.2) is 0 Å². The average molecular weight is 270 g/mol. The molecule has 2 fully saturated rings. The fraction of sp³-hybridized carbons (Fsp3) is 0.846. The summed E-state index contributed by atoms with van der Waals surface area (Å²) in [7, 11) is 0. The Morgan fingerprint density at radius 2 is 1.89 bits per heavy atom. The van der Waals surface area contributed by atoms with Gasteiger partial charge in [-0.2, -0.15) is 0 Å². The Hall–Kier alpha value is -1.30. The van der Waals surface area contributed by atoms with E-state index in [1.54, 1.807) is 4.90 Å². The molecule has 2 rings (SSSR count). The summed E-state index contributed by atoms with van der Waals surface area (Å²) >= 11 is 0. The molecule has 2 heterocycles. The topological polar surface area (TPSA) is 59.1 Å². The first-order valence-corrected chi connectivity index (χ1v) is 6.75. The molecule has 6 heteroatoms. The molecule has 0 unspecified atom stereocenters. The highest BCUT2D eigenvalue weighted by atomic mass is 16.6. The summed E-state index contributed by atoms with van der Waals surface area (Å²) < 4.78 is 10.3. The third-order valence-corrected chi connectivity index (χ3v) is 3.31. The molecule has 2 aliphatic rings. The summed E-state index contributed by atoms with van der Waals surface area (Å²) in [5, 5.41) is 0. The van der Waals surface area contributed by atoms with Crippen molar-refractivity contribution in [2.45, 2.75) is 38.8 Å². The first-order valence-electron chi connectivity index (χ1n) is 6.75. The second kappa shape index (κ2) is 5.36. The van der Waals surface area contributed by atoms with Crippen LogP contribution >= 0.6 is 0 Å². The number of hydrogen-bond donors (Lipinski definition) is 0. The van der Waals surface area contributed by atoms with E-state index >= 15 is 0 Å². The third kappa shape index (κ3) is 3.59. The van der Waals surface area contributed by atoms with Crippen LogP contribution in [0.2, 0.25) is 0 Å². The fourth-order valence-electron chi connectivity index (χ4n) is 2.36. The van der Waals surface area contributed by atoms with Crippen LogP contribution in [0.5, 0.6) is 0 Å². The highest BCUT2D eigenvalue weighted by Crippen LogP contribution is 2.17. The van der Waals surface area contributed by atoms with Crippen molar-refractivity contribution >= 4 is 12.1 Å². The number of esters is 1. The molecule has 0 aromatic carbocycles. The van der Waals surface area contributed by atoms with Gasteiger partial charge in [-0.3, -0.25) is 9.69 Å². The van der Waals surface area contributed by atoms with Crippen LogP contribution in [-0.2, 0) is 14.3 Å². The van der Waals surface area contributed by atoms with E-state index in [9.17, 15) is 9.59 Å². The highest BCUT2D eigenvalue weighted by Gasteiger charge is 2.35. The van der Waals surface area contributed by atoms with Gasteiger partial charge in [0.05, 0.1) is 6.61 Å².